The van der Waals surface area contributed by atoms with Crippen LogP contribution in [-0.4, -0.2) is 30.8 Å². The number of aryl methyl sites for hydroxylation is 2. The van der Waals surface area contributed by atoms with Crippen molar-refractivity contribution in [2.75, 3.05) is 19.7 Å². The standard InChI is InChI=1S/C23H33FN4O2/c1-6-25-23(26-12-14(2)22-16(4)28-30-17(22)5)27-15(3)19-9-10-21(20(24)11-19)29-13-18-7-8-18/h9-11,14-15,18H,6-8,12-13H2,1-5H3,(H2,25,26,27). The van der Waals surface area contributed by atoms with Crippen LogP contribution in [-0.2, 0) is 0 Å². The summed E-state index contributed by atoms with van der Waals surface area (Å²) in [5.41, 5.74) is 2.85. The number of aromatic nitrogens is 1. The third-order valence-corrected chi connectivity index (χ3v) is 5.43. The van der Waals surface area contributed by atoms with Crippen molar-refractivity contribution in [2.45, 2.75) is 59.4 Å². The number of guanidine groups is 1. The van der Waals surface area contributed by atoms with Crippen molar-refractivity contribution in [1.29, 1.82) is 0 Å². The summed E-state index contributed by atoms with van der Waals surface area (Å²) in [4.78, 5) is 4.72. The Kier molecular flexibility index (Phi) is 7.34. The van der Waals surface area contributed by atoms with E-state index in [0.717, 1.165) is 29.1 Å². The van der Waals surface area contributed by atoms with E-state index in [4.69, 9.17) is 14.3 Å². The van der Waals surface area contributed by atoms with Crippen molar-refractivity contribution in [2.24, 2.45) is 10.9 Å². The molecule has 0 radical (unpaired) electrons. The fourth-order valence-corrected chi connectivity index (χ4v) is 3.52. The van der Waals surface area contributed by atoms with Gasteiger partial charge in [-0.05, 0) is 64.2 Å². The predicted octanol–water partition coefficient (Wildman–Crippen LogP) is 4.64. The van der Waals surface area contributed by atoms with Crippen LogP contribution in [0.25, 0.3) is 0 Å². The molecule has 1 heterocycles. The first-order chi connectivity index (χ1) is 14.4. The van der Waals surface area contributed by atoms with E-state index in [9.17, 15) is 4.39 Å². The second-order valence-corrected chi connectivity index (χ2v) is 8.17. The van der Waals surface area contributed by atoms with Crippen LogP contribution in [0.2, 0.25) is 0 Å². The van der Waals surface area contributed by atoms with Gasteiger partial charge in [0, 0.05) is 24.6 Å². The first-order valence-electron chi connectivity index (χ1n) is 10.8. The van der Waals surface area contributed by atoms with Gasteiger partial charge in [-0.25, -0.2) is 4.39 Å². The zero-order valence-corrected chi connectivity index (χ0v) is 18.6. The Bertz CT molecular complexity index is 857. The van der Waals surface area contributed by atoms with Crippen LogP contribution < -0.4 is 15.4 Å². The summed E-state index contributed by atoms with van der Waals surface area (Å²) >= 11 is 0. The maximum absolute atomic E-state index is 14.4. The molecule has 7 heteroatoms. The number of hydrogen-bond acceptors (Lipinski definition) is 4. The lowest BCUT2D eigenvalue weighted by Crippen LogP contribution is -2.39. The molecule has 2 unspecified atom stereocenters. The molecule has 1 saturated carbocycles. The molecule has 0 bridgehead atoms. The van der Waals surface area contributed by atoms with Gasteiger partial charge in [0.25, 0.3) is 0 Å². The molecule has 3 rings (SSSR count). The van der Waals surface area contributed by atoms with Gasteiger partial charge < -0.3 is 19.9 Å². The van der Waals surface area contributed by atoms with E-state index in [0.29, 0.717) is 30.8 Å². The summed E-state index contributed by atoms with van der Waals surface area (Å²) in [5, 5.41) is 10.7. The van der Waals surface area contributed by atoms with Crippen molar-refractivity contribution in [3.05, 3.63) is 46.6 Å². The molecule has 164 valence electrons. The number of nitrogens with one attached hydrogen (secondary N) is 2. The summed E-state index contributed by atoms with van der Waals surface area (Å²) in [7, 11) is 0. The third kappa shape index (κ3) is 5.74. The predicted molar refractivity (Wildman–Crippen MR) is 117 cm³/mol. The van der Waals surface area contributed by atoms with E-state index in [1.807, 2.05) is 33.8 Å². The van der Waals surface area contributed by atoms with Crippen molar-refractivity contribution < 1.29 is 13.7 Å². The van der Waals surface area contributed by atoms with Crippen LogP contribution in [0, 0.1) is 25.6 Å². The van der Waals surface area contributed by atoms with Gasteiger partial charge in [-0.15, -0.1) is 0 Å². The number of hydrogen-bond donors (Lipinski definition) is 2. The minimum atomic E-state index is -0.323. The van der Waals surface area contributed by atoms with E-state index in [-0.39, 0.29) is 17.8 Å². The topological polar surface area (TPSA) is 71.7 Å². The number of aliphatic imine (C=N–C) groups is 1. The second-order valence-electron chi connectivity index (χ2n) is 8.17. The summed E-state index contributed by atoms with van der Waals surface area (Å²) in [6.07, 6.45) is 2.37. The maximum atomic E-state index is 14.4. The van der Waals surface area contributed by atoms with Crippen LogP contribution in [0.1, 0.15) is 68.2 Å². The van der Waals surface area contributed by atoms with Crippen LogP contribution in [0.3, 0.4) is 0 Å². The number of benzene rings is 1. The fraction of sp³-hybridized carbons (Fsp3) is 0.565. The molecule has 0 spiro atoms. The molecule has 30 heavy (non-hydrogen) atoms. The largest absolute Gasteiger partial charge is 0.490 e. The number of nitrogens with zero attached hydrogens (tertiary/aromatic N) is 2. The summed E-state index contributed by atoms with van der Waals surface area (Å²) < 4.78 is 25.3. The normalized spacial score (nSPS) is 16.3. The Morgan fingerprint density at radius 1 is 1.33 bits per heavy atom. The average molecular weight is 417 g/mol. The molecular formula is C23H33FN4O2. The highest BCUT2D eigenvalue weighted by Crippen LogP contribution is 2.30. The van der Waals surface area contributed by atoms with Gasteiger partial charge in [0.1, 0.15) is 5.76 Å². The molecule has 1 fully saturated rings. The molecule has 0 saturated heterocycles. The van der Waals surface area contributed by atoms with Gasteiger partial charge in [0.05, 0.1) is 18.3 Å². The Hall–Kier alpha value is -2.57. The Balaban J connectivity index is 1.63. The molecular weight excluding hydrogens is 383 g/mol. The minimum absolute atomic E-state index is 0.107. The van der Waals surface area contributed by atoms with Gasteiger partial charge in [-0.2, -0.15) is 0 Å². The monoisotopic (exact) mass is 416 g/mol. The lowest BCUT2D eigenvalue weighted by Gasteiger charge is -2.19. The highest BCUT2D eigenvalue weighted by molar-refractivity contribution is 5.80. The van der Waals surface area contributed by atoms with Gasteiger partial charge in [0.15, 0.2) is 17.5 Å². The third-order valence-electron chi connectivity index (χ3n) is 5.43. The Labute approximate surface area is 178 Å². The lowest BCUT2D eigenvalue weighted by atomic mass is 10.00. The van der Waals surface area contributed by atoms with E-state index in [2.05, 4.69) is 22.7 Å². The highest BCUT2D eigenvalue weighted by atomic mass is 19.1. The molecule has 0 amide bonds. The minimum Gasteiger partial charge on any atom is -0.490 e. The van der Waals surface area contributed by atoms with Gasteiger partial charge >= 0.3 is 0 Å². The first kappa shape index (κ1) is 22.1. The molecule has 1 aliphatic carbocycles. The second kappa shape index (κ2) is 9.96. The molecule has 2 N–H and O–H groups in total. The van der Waals surface area contributed by atoms with E-state index < -0.39 is 0 Å². The number of rotatable bonds is 9. The Morgan fingerprint density at radius 3 is 2.70 bits per heavy atom. The maximum Gasteiger partial charge on any atom is 0.191 e. The Morgan fingerprint density at radius 2 is 2.10 bits per heavy atom. The van der Waals surface area contributed by atoms with Crippen LogP contribution in [0.4, 0.5) is 4.39 Å². The first-order valence-corrected chi connectivity index (χ1v) is 10.8. The van der Waals surface area contributed by atoms with Crippen LogP contribution in [0.15, 0.2) is 27.7 Å². The smallest absolute Gasteiger partial charge is 0.191 e. The number of ether oxygens (including phenoxy) is 1. The van der Waals surface area contributed by atoms with E-state index >= 15 is 0 Å². The van der Waals surface area contributed by atoms with E-state index in [1.54, 1.807) is 6.07 Å². The molecule has 2 atom stereocenters. The fourth-order valence-electron chi connectivity index (χ4n) is 3.52. The molecule has 1 aromatic carbocycles. The summed E-state index contributed by atoms with van der Waals surface area (Å²) in [5.74, 6) is 2.31. The van der Waals surface area contributed by atoms with Crippen LogP contribution in [0.5, 0.6) is 5.75 Å². The van der Waals surface area contributed by atoms with Crippen molar-refractivity contribution in [1.82, 2.24) is 15.8 Å². The van der Waals surface area contributed by atoms with Gasteiger partial charge in [-0.3, -0.25) is 4.99 Å². The van der Waals surface area contributed by atoms with Gasteiger partial charge in [0.2, 0.25) is 0 Å². The molecule has 1 aliphatic rings. The summed E-state index contributed by atoms with van der Waals surface area (Å²) in [6.45, 7) is 11.9. The molecule has 2 aromatic rings. The van der Waals surface area contributed by atoms with Crippen molar-refractivity contribution >= 4 is 5.96 Å². The SMILES string of the molecule is CCNC(=NCC(C)c1c(C)noc1C)NC(C)c1ccc(OCC2CC2)c(F)c1. The van der Waals surface area contributed by atoms with Crippen molar-refractivity contribution in [3.8, 4) is 5.75 Å². The highest BCUT2D eigenvalue weighted by Gasteiger charge is 2.22. The number of halogens is 1. The van der Waals surface area contributed by atoms with Crippen LogP contribution >= 0.6 is 0 Å². The van der Waals surface area contributed by atoms with E-state index in [1.165, 1.54) is 18.9 Å². The summed E-state index contributed by atoms with van der Waals surface area (Å²) in [6, 6.07) is 5.05. The molecule has 1 aromatic heterocycles. The quantitative estimate of drug-likeness (QED) is 0.460. The molecule has 6 nitrogen and oxygen atoms in total. The van der Waals surface area contributed by atoms with Gasteiger partial charge in [-0.1, -0.05) is 18.1 Å². The molecule has 0 aliphatic heterocycles. The van der Waals surface area contributed by atoms with Crippen molar-refractivity contribution in [3.63, 3.8) is 0 Å². The zero-order chi connectivity index (χ0) is 21.7. The lowest BCUT2D eigenvalue weighted by molar-refractivity contribution is 0.285. The average Bonchev–Trinajstić information content (AvgIpc) is 3.48. The zero-order valence-electron chi connectivity index (χ0n) is 18.6.